The van der Waals surface area contributed by atoms with Gasteiger partial charge in [0.05, 0.1) is 11.6 Å². The maximum atomic E-state index is 12.5. The fourth-order valence-electron chi connectivity index (χ4n) is 2.71. The van der Waals surface area contributed by atoms with Gasteiger partial charge >= 0.3 is 0 Å². The molecule has 120 valence electrons. The van der Waals surface area contributed by atoms with Crippen LogP contribution in [0, 0.1) is 18.3 Å². The second-order valence-corrected chi connectivity index (χ2v) is 5.80. The molecular weight excluding hydrogens is 302 g/mol. The zero-order valence-electron chi connectivity index (χ0n) is 13.4. The van der Waals surface area contributed by atoms with Crippen LogP contribution in [0.4, 0.5) is 5.69 Å². The molecule has 0 radical (unpaired) electrons. The molecule has 5 nitrogen and oxygen atoms in total. The van der Waals surface area contributed by atoms with E-state index in [0.29, 0.717) is 24.2 Å². The van der Waals surface area contributed by atoms with Gasteiger partial charge in [-0.05, 0) is 43.3 Å². The van der Waals surface area contributed by atoms with Gasteiger partial charge in [0.2, 0.25) is 5.91 Å². The zero-order valence-corrected chi connectivity index (χ0v) is 13.4. The van der Waals surface area contributed by atoms with Crippen molar-refractivity contribution in [2.24, 2.45) is 0 Å². The van der Waals surface area contributed by atoms with Crippen LogP contribution in [0.5, 0.6) is 0 Å². The Hall–Kier alpha value is -3.13. The average Bonchev–Trinajstić information content (AvgIpc) is 2.62. The third kappa shape index (κ3) is 3.13. The summed E-state index contributed by atoms with van der Waals surface area (Å²) in [5.74, 6) is -0.275. The Morgan fingerprint density at radius 3 is 2.29 bits per heavy atom. The number of carbonyl (C=O) groups is 2. The summed E-state index contributed by atoms with van der Waals surface area (Å²) in [6, 6.07) is 16.3. The molecule has 1 aliphatic rings. The fraction of sp³-hybridized carbons (Fsp3) is 0.211. The Bertz CT molecular complexity index is 804. The number of hydrogen-bond donors (Lipinski definition) is 0. The molecular formula is C19H17N3O2. The van der Waals surface area contributed by atoms with Gasteiger partial charge in [-0.15, -0.1) is 0 Å². The van der Waals surface area contributed by atoms with E-state index in [1.807, 2.05) is 37.3 Å². The van der Waals surface area contributed by atoms with E-state index in [0.717, 1.165) is 11.3 Å². The maximum Gasteiger partial charge on any atom is 0.254 e. The molecule has 3 rings (SSSR count). The topological polar surface area (TPSA) is 64.4 Å². The highest BCUT2D eigenvalue weighted by atomic mass is 16.2. The summed E-state index contributed by atoms with van der Waals surface area (Å²) < 4.78 is 0. The third-order valence-corrected chi connectivity index (χ3v) is 4.11. The van der Waals surface area contributed by atoms with E-state index in [9.17, 15) is 9.59 Å². The molecule has 0 bridgehead atoms. The Labute approximate surface area is 140 Å². The lowest BCUT2D eigenvalue weighted by molar-refractivity contribution is -0.120. The van der Waals surface area contributed by atoms with Crippen LogP contribution in [-0.4, -0.2) is 36.3 Å². The lowest BCUT2D eigenvalue weighted by Crippen LogP contribution is -2.52. The highest BCUT2D eigenvalue weighted by Gasteiger charge is 2.28. The number of amides is 2. The minimum Gasteiger partial charge on any atom is -0.328 e. The van der Waals surface area contributed by atoms with Crippen LogP contribution in [-0.2, 0) is 4.79 Å². The Balaban J connectivity index is 1.70. The van der Waals surface area contributed by atoms with E-state index in [1.165, 1.54) is 0 Å². The minimum absolute atomic E-state index is 0.0622. The van der Waals surface area contributed by atoms with Crippen molar-refractivity contribution in [3.8, 4) is 6.07 Å². The summed E-state index contributed by atoms with van der Waals surface area (Å²) in [4.78, 5) is 28.2. The quantitative estimate of drug-likeness (QED) is 0.853. The summed E-state index contributed by atoms with van der Waals surface area (Å²) in [5.41, 5.74) is 2.99. The number of piperazine rings is 1. The van der Waals surface area contributed by atoms with Crippen molar-refractivity contribution in [2.45, 2.75) is 6.92 Å². The standard InChI is InChI=1S/C19H17N3O2/c1-14-2-8-17(9-3-14)22-11-10-21(13-18(22)23)19(24)16-6-4-15(12-20)5-7-16/h2-9H,10-11,13H2,1H3. The first-order valence-electron chi connectivity index (χ1n) is 7.75. The van der Waals surface area contributed by atoms with Gasteiger partial charge in [-0.2, -0.15) is 5.26 Å². The van der Waals surface area contributed by atoms with E-state index < -0.39 is 0 Å². The summed E-state index contributed by atoms with van der Waals surface area (Å²) in [7, 11) is 0. The molecule has 0 aliphatic carbocycles. The Morgan fingerprint density at radius 1 is 1.04 bits per heavy atom. The predicted octanol–water partition coefficient (Wildman–Crippen LogP) is 2.36. The molecule has 24 heavy (non-hydrogen) atoms. The number of benzene rings is 2. The monoisotopic (exact) mass is 319 g/mol. The first-order chi connectivity index (χ1) is 11.6. The van der Waals surface area contributed by atoms with Gasteiger partial charge in [-0.1, -0.05) is 17.7 Å². The van der Waals surface area contributed by atoms with Crippen molar-refractivity contribution in [2.75, 3.05) is 24.5 Å². The normalized spacial score (nSPS) is 14.4. The molecule has 1 aliphatic heterocycles. The summed E-state index contributed by atoms with van der Waals surface area (Å²) in [6.45, 7) is 3.02. The number of nitrogens with zero attached hydrogens (tertiary/aromatic N) is 3. The molecule has 2 aromatic rings. The molecule has 0 saturated carbocycles. The molecule has 1 heterocycles. The zero-order chi connectivity index (χ0) is 17.1. The van der Waals surface area contributed by atoms with E-state index in [2.05, 4.69) is 0 Å². The van der Waals surface area contributed by atoms with E-state index in [1.54, 1.807) is 34.1 Å². The highest BCUT2D eigenvalue weighted by molar-refractivity contribution is 6.01. The molecule has 5 heteroatoms. The lowest BCUT2D eigenvalue weighted by Gasteiger charge is -2.34. The first-order valence-corrected chi connectivity index (χ1v) is 7.75. The average molecular weight is 319 g/mol. The van der Waals surface area contributed by atoms with Gasteiger partial charge in [-0.25, -0.2) is 0 Å². The van der Waals surface area contributed by atoms with E-state index in [-0.39, 0.29) is 18.4 Å². The van der Waals surface area contributed by atoms with Crippen LogP contribution >= 0.6 is 0 Å². The summed E-state index contributed by atoms with van der Waals surface area (Å²) in [5, 5.41) is 8.81. The fourth-order valence-corrected chi connectivity index (χ4v) is 2.71. The smallest absolute Gasteiger partial charge is 0.254 e. The SMILES string of the molecule is Cc1ccc(N2CCN(C(=O)c3ccc(C#N)cc3)CC2=O)cc1. The minimum atomic E-state index is -0.184. The molecule has 1 fully saturated rings. The molecule has 0 unspecified atom stereocenters. The molecule has 2 amide bonds. The van der Waals surface area contributed by atoms with E-state index in [4.69, 9.17) is 5.26 Å². The highest BCUT2D eigenvalue weighted by Crippen LogP contribution is 2.19. The third-order valence-electron chi connectivity index (χ3n) is 4.11. The summed E-state index contributed by atoms with van der Waals surface area (Å²) >= 11 is 0. The molecule has 1 saturated heterocycles. The number of hydrogen-bond acceptors (Lipinski definition) is 3. The molecule has 2 aromatic carbocycles. The second kappa shape index (κ2) is 6.55. The molecule has 0 atom stereocenters. The van der Waals surface area contributed by atoms with Crippen molar-refractivity contribution in [1.82, 2.24) is 4.90 Å². The predicted molar refractivity (Wildman–Crippen MR) is 90.6 cm³/mol. The van der Waals surface area contributed by atoms with Crippen LogP contribution in [0.15, 0.2) is 48.5 Å². The molecule has 0 spiro atoms. The molecule has 0 N–H and O–H groups in total. The number of nitriles is 1. The number of aryl methyl sites for hydroxylation is 1. The van der Waals surface area contributed by atoms with Gasteiger partial charge < -0.3 is 9.80 Å². The van der Waals surface area contributed by atoms with Gasteiger partial charge in [0.1, 0.15) is 6.54 Å². The number of anilines is 1. The van der Waals surface area contributed by atoms with Gasteiger partial charge in [0.25, 0.3) is 5.91 Å². The van der Waals surface area contributed by atoms with Crippen LogP contribution in [0.1, 0.15) is 21.5 Å². The van der Waals surface area contributed by atoms with Crippen LogP contribution < -0.4 is 4.90 Å². The van der Waals surface area contributed by atoms with Crippen molar-refractivity contribution in [3.05, 3.63) is 65.2 Å². The van der Waals surface area contributed by atoms with Crippen LogP contribution in [0.3, 0.4) is 0 Å². The van der Waals surface area contributed by atoms with E-state index >= 15 is 0 Å². The molecule has 0 aromatic heterocycles. The maximum absolute atomic E-state index is 12.5. The van der Waals surface area contributed by atoms with Crippen LogP contribution in [0.2, 0.25) is 0 Å². The lowest BCUT2D eigenvalue weighted by atomic mass is 10.1. The largest absolute Gasteiger partial charge is 0.328 e. The van der Waals surface area contributed by atoms with Gasteiger partial charge in [0, 0.05) is 24.3 Å². The van der Waals surface area contributed by atoms with Gasteiger partial charge in [-0.3, -0.25) is 9.59 Å². The van der Waals surface area contributed by atoms with Crippen molar-refractivity contribution >= 4 is 17.5 Å². The number of rotatable bonds is 2. The first kappa shape index (κ1) is 15.8. The Kier molecular flexibility index (Phi) is 4.30. The summed E-state index contributed by atoms with van der Waals surface area (Å²) in [6.07, 6.45) is 0. The van der Waals surface area contributed by atoms with Crippen molar-refractivity contribution in [3.63, 3.8) is 0 Å². The van der Waals surface area contributed by atoms with Gasteiger partial charge in [0.15, 0.2) is 0 Å². The second-order valence-electron chi connectivity index (χ2n) is 5.80. The number of carbonyl (C=O) groups excluding carboxylic acids is 2. The Morgan fingerprint density at radius 2 is 1.71 bits per heavy atom. The van der Waals surface area contributed by atoms with Crippen molar-refractivity contribution in [1.29, 1.82) is 5.26 Å². The van der Waals surface area contributed by atoms with Crippen molar-refractivity contribution < 1.29 is 9.59 Å². The van der Waals surface area contributed by atoms with Crippen LogP contribution in [0.25, 0.3) is 0 Å².